The van der Waals surface area contributed by atoms with Crippen molar-refractivity contribution in [2.24, 2.45) is 5.92 Å². The third-order valence-corrected chi connectivity index (χ3v) is 6.60. The molecule has 1 aliphatic heterocycles. The number of carbonyl (C=O) groups excluding carboxylic acids is 2. The molecule has 5 nitrogen and oxygen atoms in total. The first-order valence-electron chi connectivity index (χ1n) is 9.17. The van der Waals surface area contributed by atoms with Crippen molar-refractivity contribution in [3.63, 3.8) is 0 Å². The van der Waals surface area contributed by atoms with Crippen molar-refractivity contribution < 1.29 is 19.4 Å². The zero-order chi connectivity index (χ0) is 18.8. The predicted octanol–water partition coefficient (Wildman–Crippen LogP) is 3.15. The normalized spacial score (nSPS) is 20.7. The average Bonchev–Trinajstić information content (AvgIpc) is 2.92. The van der Waals surface area contributed by atoms with Gasteiger partial charge in [0.05, 0.1) is 24.9 Å². The summed E-state index contributed by atoms with van der Waals surface area (Å²) in [6.07, 6.45) is 2.24. The Labute approximate surface area is 160 Å². The Morgan fingerprint density at radius 1 is 1.16 bits per heavy atom. The summed E-state index contributed by atoms with van der Waals surface area (Å²) in [5.74, 6) is 2.27. The first-order chi connectivity index (χ1) is 11.8. The van der Waals surface area contributed by atoms with E-state index in [2.05, 4.69) is 0 Å². The monoisotopic (exact) mass is 391 g/mol. The van der Waals surface area contributed by atoms with Crippen molar-refractivity contribution in [2.75, 3.05) is 24.7 Å². The summed E-state index contributed by atoms with van der Waals surface area (Å²) in [5.41, 5.74) is 0. The molecule has 2 atom stereocenters. The van der Waals surface area contributed by atoms with Gasteiger partial charge in [-0.3, -0.25) is 9.59 Å². The van der Waals surface area contributed by atoms with Crippen LogP contribution in [-0.2, 0) is 14.3 Å². The molecule has 0 radical (unpaired) electrons. The zero-order valence-electron chi connectivity index (χ0n) is 15.9. The maximum absolute atomic E-state index is 12.4. The minimum Gasteiger partial charge on any atom is -0.391 e. The number of carbonyl (C=O) groups is 2. The summed E-state index contributed by atoms with van der Waals surface area (Å²) in [4.78, 5) is 25.7. The second-order valence-corrected chi connectivity index (χ2v) is 9.79. The number of aliphatic hydroxyl groups is 1. The van der Waals surface area contributed by atoms with E-state index in [9.17, 15) is 14.7 Å². The van der Waals surface area contributed by atoms with Gasteiger partial charge in [-0.05, 0) is 26.7 Å². The molecule has 1 amide bonds. The second-order valence-electron chi connectivity index (χ2n) is 7.09. The lowest BCUT2D eigenvalue weighted by atomic mass is 10.1. The molecule has 0 aromatic carbocycles. The van der Waals surface area contributed by atoms with Crippen LogP contribution in [0.2, 0.25) is 0 Å². The third kappa shape index (κ3) is 9.31. The summed E-state index contributed by atoms with van der Waals surface area (Å²) in [6, 6.07) is -0.00558. The Bertz CT molecular complexity index is 418. The number of amides is 1. The number of ether oxygens (including phenoxy) is 1. The van der Waals surface area contributed by atoms with Crippen LogP contribution in [0.15, 0.2) is 0 Å². The zero-order valence-corrected chi connectivity index (χ0v) is 17.5. The highest BCUT2D eigenvalue weighted by Crippen LogP contribution is 2.25. The van der Waals surface area contributed by atoms with Crippen LogP contribution < -0.4 is 0 Å². The van der Waals surface area contributed by atoms with Gasteiger partial charge in [-0.2, -0.15) is 0 Å². The van der Waals surface area contributed by atoms with E-state index >= 15 is 0 Å². The van der Waals surface area contributed by atoms with Crippen molar-refractivity contribution in [2.45, 2.75) is 71.6 Å². The highest BCUT2D eigenvalue weighted by molar-refractivity contribution is 8.76. The molecule has 0 aromatic heterocycles. The van der Waals surface area contributed by atoms with Crippen LogP contribution in [0.5, 0.6) is 0 Å². The molecule has 1 saturated heterocycles. The van der Waals surface area contributed by atoms with Crippen LogP contribution in [0.1, 0.15) is 53.4 Å². The van der Waals surface area contributed by atoms with E-state index in [1.807, 2.05) is 27.7 Å². The van der Waals surface area contributed by atoms with E-state index in [4.69, 9.17) is 4.74 Å². The Balaban J connectivity index is 2.17. The van der Waals surface area contributed by atoms with Gasteiger partial charge >= 0.3 is 0 Å². The number of hydrogen-bond donors (Lipinski definition) is 1. The smallest absolute Gasteiger partial charge is 0.223 e. The molecule has 1 aliphatic rings. The molecule has 0 unspecified atom stereocenters. The van der Waals surface area contributed by atoms with Gasteiger partial charge in [0.15, 0.2) is 0 Å². The lowest BCUT2D eigenvalue weighted by Crippen LogP contribution is -2.39. The van der Waals surface area contributed by atoms with E-state index in [0.717, 1.165) is 17.9 Å². The molecule has 146 valence electrons. The predicted molar refractivity (Wildman–Crippen MR) is 106 cm³/mol. The quantitative estimate of drug-likeness (QED) is 0.407. The van der Waals surface area contributed by atoms with E-state index in [1.165, 1.54) is 0 Å². The van der Waals surface area contributed by atoms with E-state index in [1.54, 1.807) is 26.5 Å². The van der Waals surface area contributed by atoms with Gasteiger partial charge in [-0.25, -0.2) is 0 Å². The van der Waals surface area contributed by atoms with Crippen molar-refractivity contribution in [3.8, 4) is 0 Å². The second kappa shape index (κ2) is 12.2. The number of likely N-dealkylation sites (tertiary alicyclic amines) is 1. The molecular weight excluding hydrogens is 358 g/mol. The topological polar surface area (TPSA) is 66.8 Å². The number of nitrogens with zero attached hydrogens (tertiary/aromatic N) is 1. The largest absolute Gasteiger partial charge is 0.391 e. The molecule has 1 N–H and O–H groups in total. The van der Waals surface area contributed by atoms with Gasteiger partial charge in [-0.15, -0.1) is 0 Å². The first-order valence-corrected chi connectivity index (χ1v) is 11.7. The summed E-state index contributed by atoms with van der Waals surface area (Å²) in [6.45, 7) is 8.72. The van der Waals surface area contributed by atoms with Gasteiger partial charge < -0.3 is 14.7 Å². The Morgan fingerprint density at radius 3 is 2.48 bits per heavy atom. The first kappa shape index (κ1) is 22.8. The van der Waals surface area contributed by atoms with Crippen LogP contribution in [0.3, 0.4) is 0 Å². The molecule has 0 bridgehead atoms. The average molecular weight is 392 g/mol. The third-order valence-electron chi connectivity index (χ3n) is 4.11. The Kier molecular flexibility index (Phi) is 11.1. The SMILES string of the molecule is CC(C)OC[C@@H]1C[C@H](O)CN1C(=O)CCCSSCCC(=O)C(C)C. The number of β-amino-alcohol motifs (C(OH)–C–C–N with tert-alkyl or cyclic N) is 1. The van der Waals surface area contributed by atoms with Gasteiger partial charge in [0.1, 0.15) is 5.78 Å². The molecule has 1 rings (SSSR count). The molecular formula is C18H33NO4S2. The van der Waals surface area contributed by atoms with Crippen molar-refractivity contribution >= 4 is 33.3 Å². The Hall–Kier alpha value is -0.240. The minimum absolute atomic E-state index is 0.00558. The molecule has 7 heteroatoms. The van der Waals surface area contributed by atoms with Gasteiger partial charge in [0, 0.05) is 36.8 Å². The number of aliphatic hydroxyl groups excluding tert-OH is 1. The highest BCUT2D eigenvalue weighted by Gasteiger charge is 2.34. The molecule has 0 aliphatic carbocycles. The van der Waals surface area contributed by atoms with Gasteiger partial charge in [-0.1, -0.05) is 35.4 Å². The number of rotatable bonds is 12. The lowest BCUT2D eigenvalue weighted by molar-refractivity contribution is -0.133. The van der Waals surface area contributed by atoms with Crippen molar-refractivity contribution in [1.82, 2.24) is 4.90 Å². The molecule has 1 fully saturated rings. The fraction of sp³-hybridized carbons (Fsp3) is 0.889. The minimum atomic E-state index is -0.437. The summed E-state index contributed by atoms with van der Waals surface area (Å²) in [5, 5.41) is 9.85. The van der Waals surface area contributed by atoms with Crippen molar-refractivity contribution in [3.05, 3.63) is 0 Å². The van der Waals surface area contributed by atoms with Gasteiger partial charge in [0.25, 0.3) is 0 Å². The van der Waals surface area contributed by atoms with Crippen LogP contribution in [0.4, 0.5) is 0 Å². The molecule has 0 aromatic rings. The fourth-order valence-corrected chi connectivity index (χ4v) is 4.73. The van der Waals surface area contributed by atoms with E-state index in [-0.39, 0.29) is 24.0 Å². The molecule has 0 spiro atoms. The van der Waals surface area contributed by atoms with E-state index in [0.29, 0.717) is 38.2 Å². The molecule has 25 heavy (non-hydrogen) atoms. The number of ketones is 1. The van der Waals surface area contributed by atoms with Gasteiger partial charge in [0.2, 0.25) is 5.91 Å². The van der Waals surface area contributed by atoms with Crippen molar-refractivity contribution in [1.29, 1.82) is 0 Å². The standard InChI is InChI=1S/C18H33NO4S2/c1-13(2)17(21)7-9-25-24-8-5-6-18(22)19-11-16(20)10-15(19)12-23-14(3)4/h13-16,20H,5-12H2,1-4H3/t15-,16-/m0/s1. The number of hydrogen-bond acceptors (Lipinski definition) is 6. The lowest BCUT2D eigenvalue weighted by Gasteiger charge is -2.25. The van der Waals surface area contributed by atoms with Crippen LogP contribution in [0.25, 0.3) is 0 Å². The summed E-state index contributed by atoms with van der Waals surface area (Å²) in [7, 11) is 3.43. The highest BCUT2D eigenvalue weighted by atomic mass is 33.1. The van der Waals surface area contributed by atoms with Crippen LogP contribution >= 0.6 is 21.6 Å². The van der Waals surface area contributed by atoms with Crippen LogP contribution in [-0.4, -0.2) is 64.6 Å². The maximum Gasteiger partial charge on any atom is 0.223 e. The maximum atomic E-state index is 12.4. The molecule has 0 saturated carbocycles. The Morgan fingerprint density at radius 2 is 1.84 bits per heavy atom. The summed E-state index contributed by atoms with van der Waals surface area (Å²) < 4.78 is 5.62. The molecule has 1 heterocycles. The number of Topliss-reactive ketones (excluding diaryl/α,β-unsaturated/α-hetero) is 1. The summed E-state index contributed by atoms with van der Waals surface area (Å²) >= 11 is 0. The van der Waals surface area contributed by atoms with Crippen LogP contribution in [0, 0.1) is 5.92 Å². The van der Waals surface area contributed by atoms with E-state index < -0.39 is 6.10 Å². The fourth-order valence-electron chi connectivity index (χ4n) is 2.63.